The molecule has 0 spiro atoms. The molecule has 1 heterocycles. The molecule has 6 heteroatoms. The molecule has 0 radical (unpaired) electrons. The van der Waals surface area contributed by atoms with E-state index in [2.05, 4.69) is 26.2 Å². The lowest BCUT2D eigenvalue weighted by Gasteiger charge is -2.20. The summed E-state index contributed by atoms with van der Waals surface area (Å²) in [4.78, 5) is 4.05. The number of aromatic nitrogens is 1. The fraction of sp³-hybridized carbons (Fsp3) is 0.214. The number of nitrogens with one attached hydrogen (secondary N) is 1. The first-order valence-electron chi connectivity index (χ1n) is 6.03. The molecule has 0 aliphatic carbocycles. The summed E-state index contributed by atoms with van der Waals surface area (Å²) in [5.41, 5.74) is 1.28. The van der Waals surface area contributed by atoms with Gasteiger partial charge in [0.15, 0.2) is 0 Å². The van der Waals surface area contributed by atoms with E-state index in [-0.39, 0.29) is 16.9 Å². The van der Waals surface area contributed by atoms with Gasteiger partial charge in [-0.15, -0.1) is 0 Å². The highest BCUT2D eigenvalue weighted by Crippen LogP contribution is 2.34. The van der Waals surface area contributed by atoms with Crippen LogP contribution in [0.1, 0.15) is 25.1 Å². The van der Waals surface area contributed by atoms with E-state index in [1.54, 1.807) is 6.07 Å². The first kappa shape index (κ1) is 15.2. The Kier molecular flexibility index (Phi) is 4.94. The van der Waals surface area contributed by atoms with E-state index in [0.717, 1.165) is 6.42 Å². The van der Waals surface area contributed by atoms with Gasteiger partial charge < -0.3 is 5.32 Å². The molecule has 106 valence electrons. The Morgan fingerprint density at radius 1 is 1.30 bits per heavy atom. The zero-order chi connectivity index (χ0) is 14.7. The minimum atomic E-state index is -0.416. The van der Waals surface area contributed by atoms with Crippen molar-refractivity contribution in [1.82, 2.24) is 4.98 Å². The number of anilines is 1. The molecule has 0 bridgehead atoms. The van der Waals surface area contributed by atoms with Gasteiger partial charge in [0, 0.05) is 4.47 Å². The van der Waals surface area contributed by atoms with Crippen molar-refractivity contribution >= 4 is 33.2 Å². The van der Waals surface area contributed by atoms with E-state index in [0.29, 0.717) is 15.9 Å². The van der Waals surface area contributed by atoms with E-state index < -0.39 is 5.82 Å². The predicted molar refractivity (Wildman–Crippen MR) is 80.0 cm³/mol. The number of nitrogens with zero attached hydrogens (tertiary/aromatic N) is 1. The van der Waals surface area contributed by atoms with Crippen LogP contribution in [0.5, 0.6) is 0 Å². The van der Waals surface area contributed by atoms with Crippen LogP contribution in [0.2, 0.25) is 5.02 Å². The second-order valence-electron chi connectivity index (χ2n) is 4.25. The molecule has 1 aromatic carbocycles. The largest absolute Gasteiger partial charge is 0.375 e. The van der Waals surface area contributed by atoms with Crippen molar-refractivity contribution in [3.05, 3.63) is 57.3 Å². The van der Waals surface area contributed by atoms with Crippen LogP contribution in [0.15, 0.2) is 34.9 Å². The summed E-state index contributed by atoms with van der Waals surface area (Å²) < 4.78 is 26.6. The maximum absolute atomic E-state index is 13.2. The van der Waals surface area contributed by atoms with Crippen LogP contribution < -0.4 is 5.32 Å². The average Bonchev–Trinajstić information content (AvgIpc) is 2.39. The molecule has 1 N–H and O–H groups in total. The van der Waals surface area contributed by atoms with Gasteiger partial charge in [0.2, 0.25) is 0 Å². The van der Waals surface area contributed by atoms with Crippen LogP contribution in [-0.4, -0.2) is 4.98 Å². The van der Waals surface area contributed by atoms with Crippen LogP contribution >= 0.6 is 27.5 Å². The molecule has 1 unspecified atom stereocenters. The van der Waals surface area contributed by atoms with Crippen LogP contribution in [0.4, 0.5) is 14.5 Å². The Labute approximate surface area is 129 Å². The van der Waals surface area contributed by atoms with Crippen molar-refractivity contribution in [2.75, 3.05) is 5.32 Å². The molecular formula is C14H12BrClF2N2. The normalized spacial score (nSPS) is 12.2. The van der Waals surface area contributed by atoms with Gasteiger partial charge >= 0.3 is 0 Å². The summed E-state index contributed by atoms with van der Waals surface area (Å²) in [7, 11) is 0. The Bertz CT molecular complexity index is 582. The fourth-order valence-corrected chi connectivity index (χ4v) is 2.75. The molecule has 2 aromatic rings. The van der Waals surface area contributed by atoms with E-state index in [4.69, 9.17) is 11.6 Å². The fourth-order valence-electron chi connectivity index (χ4n) is 1.83. The molecule has 0 amide bonds. The lowest BCUT2D eigenvalue weighted by atomic mass is 10.1. The Morgan fingerprint density at radius 3 is 2.60 bits per heavy atom. The summed E-state index contributed by atoms with van der Waals surface area (Å²) in [6, 6.07) is 5.39. The zero-order valence-electron chi connectivity index (χ0n) is 10.6. The second-order valence-corrected chi connectivity index (χ2v) is 5.51. The van der Waals surface area contributed by atoms with Crippen molar-refractivity contribution < 1.29 is 8.78 Å². The van der Waals surface area contributed by atoms with Crippen LogP contribution in [0.3, 0.4) is 0 Å². The van der Waals surface area contributed by atoms with Crippen LogP contribution in [-0.2, 0) is 0 Å². The SMILES string of the molecule is CCC(Nc1c(Cl)cc(F)cc1Br)c1ccc(F)cn1. The van der Waals surface area contributed by atoms with Gasteiger partial charge in [-0.3, -0.25) is 4.98 Å². The minimum absolute atomic E-state index is 0.144. The number of halogens is 4. The van der Waals surface area contributed by atoms with E-state index >= 15 is 0 Å². The topological polar surface area (TPSA) is 24.9 Å². The van der Waals surface area contributed by atoms with Gasteiger partial charge in [-0.2, -0.15) is 0 Å². The van der Waals surface area contributed by atoms with Gasteiger partial charge in [-0.1, -0.05) is 18.5 Å². The third-order valence-corrected chi connectivity index (χ3v) is 3.76. The molecule has 0 aliphatic heterocycles. The Morgan fingerprint density at radius 2 is 2.05 bits per heavy atom. The summed E-state index contributed by atoms with van der Waals surface area (Å²) in [5, 5.41) is 3.47. The highest BCUT2D eigenvalue weighted by molar-refractivity contribution is 9.10. The number of pyridine rings is 1. The lowest BCUT2D eigenvalue weighted by molar-refractivity contribution is 0.614. The van der Waals surface area contributed by atoms with Gasteiger partial charge in [0.05, 0.1) is 28.6 Å². The van der Waals surface area contributed by atoms with Gasteiger partial charge in [0.1, 0.15) is 11.6 Å². The molecule has 2 nitrogen and oxygen atoms in total. The summed E-state index contributed by atoms with van der Waals surface area (Å²) in [6.45, 7) is 1.97. The van der Waals surface area contributed by atoms with E-state index in [1.807, 2.05) is 6.92 Å². The first-order valence-corrected chi connectivity index (χ1v) is 7.21. The summed E-state index contributed by atoms with van der Waals surface area (Å²) in [5.74, 6) is -0.801. The average molecular weight is 362 g/mol. The molecule has 0 saturated carbocycles. The van der Waals surface area contributed by atoms with Crippen molar-refractivity contribution in [2.45, 2.75) is 19.4 Å². The molecule has 20 heavy (non-hydrogen) atoms. The Hall–Kier alpha value is -1.20. The number of rotatable bonds is 4. The third-order valence-electron chi connectivity index (χ3n) is 2.84. The molecular weight excluding hydrogens is 350 g/mol. The number of hydrogen-bond donors (Lipinski definition) is 1. The highest BCUT2D eigenvalue weighted by atomic mass is 79.9. The number of hydrogen-bond acceptors (Lipinski definition) is 2. The molecule has 2 rings (SSSR count). The highest BCUT2D eigenvalue weighted by Gasteiger charge is 2.15. The standard InChI is InChI=1S/C14H12BrClF2N2/c1-2-12(13-4-3-8(17)7-19-13)20-14-10(15)5-9(18)6-11(14)16/h3-7,12,20H,2H2,1H3. The maximum atomic E-state index is 13.2. The molecule has 0 saturated heterocycles. The third kappa shape index (κ3) is 3.46. The summed E-state index contributed by atoms with van der Waals surface area (Å²) in [6.07, 6.45) is 1.89. The van der Waals surface area contributed by atoms with Crippen molar-refractivity contribution in [3.8, 4) is 0 Å². The van der Waals surface area contributed by atoms with Crippen molar-refractivity contribution in [3.63, 3.8) is 0 Å². The number of benzene rings is 1. The van der Waals surface area contributed by atoms with Crippen LogP contribution in [0, 0.1) is 11.6 Å². The molecule has 1 aromatic heterocycles. The van der Waals surface area contributed by atoms with E-state index in [9.17, 15) is 8.78 Å². The Balaban J connectivity index is 2.29. The molecule has 0 fully saturated rings. The van der Waals surface area contributed by atoms with Crippen LogP contribution in [0.25, 0.3) is 0 Å². The van der Waals surface area contributed by atoms with Crippen molar-refractivity contribution in [2.24, 2.45) is 0 Å². The van der Waals surface area contributed by atoms with Gasteiger partial charge in [0.25, 0.3) is 0 Å². The monoisotopic (exact) mass is 360 g/mol. The zero-order valence-corrected chi connectivity index (χ0v) is 13.0. The smallest absolute Gasteiger partial charge is 0.141 e. The molecule has 0 aliphatic rings. The minimum Gasteiger partial charge on any atom is -0.375 e. The second kappa shape index (κ2) is 6.50. The molecule has 1 atom stereocenters. The summed E-state index contributed by atoms with van der Waals surface area (Å²) >= 11 is 9.31. The first-order chi connectivity index (χ1) is 9.51. The van der Waals surface area contributed by atoms with Crippen molar-refractivity contribution in [1.29, 1.82) is 0 Å². The quantitative estimate of drug-likeness (QED) is 0.795. The maximum Gasteiger partial charge on any atom is 0.141 e. The van der Waals surface area contributed by atoms with Gasteiger partial charge in [-0.05, 0) is 46.6 Å². The lowest BCUT2D eigenvalue weighted by Crippen LogP contribution is -2.12. The van der Waals surface area contributed by atoms with Gasteiger partial charge in [-0.25, -0.2) is 8.78 Å². The van der Waals surface area contributed by atoms with E-state index in [1.165, 1.54) is 24.4 Å². The predicted octanol–water partition coefficient (Wildman–Crippen LogP) is 5.34.